The maximum Gasteiger partial charge on any atom is 0.320 e. The van der Waals surface area contributed by atoms with E-state index in [0.717, 1.165) is 9.13 Å². The number of benzene rings is 2. The van der Waals surface area contributed by atoms with Gasteiger partial charge in [0.15, 0.2) is 0 Å². The fourth-order valence-electron chi connectivity index (χ4n) is 2.57. The average molecular weight is 388 g/mol. The largest absolute Gasteiger partial charge is 0.323 e. The van der Waals surface area contributed by atoms with Gasteiger partial charge in [0, 0.05) is 12.4 Å². The van der Waals surface area contributed by atoms with Crippen molar-refractivity contribution in [2.45, 2.75) is 13.5 Å². The molecule has 8 heteroatoms. The zero-order valence-corrected chi connectivity index (χ0v) is 15.0. The highest BCUT2D eigenvalue weighted by Gasteiger charge is 2.12. The number of amides is 1. The molecule has 27 heavy (non-hydrogen) atoms. The fraction of sp³-hybridized carbons (Fsp3) is 0.105. The van der Waals surface area contributed by atoms with Crippen LogP contribution in [0.2, 0.25) is 5.02 Å². The number of carbonyl (C=O) groups is 1. The van der Waals surface area contributed by atoms with E-state index < -0.39 is 22.8 Å². The molecular formula is C19H15ClFN3O3. The van der Waals surface area contributed by atoms with Crippen molar-refractivity contribution < 1.29 is 9.18 Å². The molecule has 1 heterocycles. The third-order valence-electron chi connectivity index (χ3n) is 3.95. The molecule has 3 rings (SSSR count). The Morgan fingerprint density at radius 2 is 1.85 bits per heavy atom. The standard InChI is InChI=1S/C19H15ClFN3O3/c1-12-6-7-13(21)10-16(12)24-9-8-23(18(26)19(24)27)11-17(25)22-15-5-3-2-4-14(15)20/h2-10H,11H2,1H3,(H,22,25). The van der Waals surface area contributed by atoms with Crippen LogP contribution in [0.1, 0.15) is 5.56 Å². The smallest absolute Gasteiger partial charge is 0.320 e. The summed E-state index contributed by atoms with van der Waals surface area (Å²) < 4.78 is 15.5. The van der Waals surface area contributed by atoms with E-state index >= 15 is 0 Å². The van der Waals surface area contributed by atoms with Crippen LogP contribution < -0.4 is 16.4 Å². The zero-order chi connectivity index (χ0) is 19.6. The van der Waals surface area contributed by atoms with E-state index in [-0.39, 0.29) is 12.2 Å². The van der Waals surface area contributed by atoms with Gasteiger partial charge in [-0.25, -0.2) is 4.39 Å². The molecule has 0 atom stereocenters. The quantitative estimate of drug-likeness (QED) is 0.699. The average Bonchev–Trinajstić information content (AvgIpc) is 2.63. The molecule has 0 saturated carbocycles. The Kier molecular flexibility index (Phi) is 5.23. The maximum absolute atomic E-state index is 13.5. The molecule has 0 aliphatic rings. The van der Waals surface area contributed by atoms with Crippen molar-refractivity contribution in [3.05, 3.63) is 92.0 Å². The van der Waals surface area contributed by atoms with E-state index in [9.17, 15) is 18.8 Å². The van der Waals surface area contributed by atoms with E-state index in [1.54, 1.807) is 31.2 Å². The van der Waals surface area contributed by atoms with Gasteiger partial charge in [-0.2, -0.15) is 0 Å². The molecule has 3 aromatic rings. The van der Waals surface area contributed by atoms with Gasteiger partial charge in [-0.05, 0) is 36.8 Å². The minimum Gasteiger partial charge on any atom is -0.323 e. The van der Waals surface area contributed by atoms with Crippen molar-refractivity contribution in [1.82, 2.24) is 9.13 Å². The van der Waals surface area contributed by atoms with Gasteiger partial charge in [0.05, 0.1) is 16.4 Å². The second kappa shape index (κ2) is 7.59. The van der Waals surface area contributed by atoms with Gasteiger partial charge in [0.25, 0.3) is 0 Å². The van der Waals surface area contributed by atoms with E-state index in [2.05, 4.69) is 5.32 Å². The van der Waals surface area contributed by atoms with Gasteiger partial charge in [-0.1, -0.05) is 29.8 Å². The van der Waals surface area contributed by atoms with E-state index in [1.807, 2.05) is 0 Å². The topological polar surface area (TPSA) is 73.1 Å². The predicted octanol–water partition coefficient (Wildman–Crippen LogP) is 2.74. The van der Waals surface area contributed by atoms with Crippen LogP contribution >= 0.6 is 11.6 Å². The van der Waals surface area contributed by atoms with Crippen LogP contribution in [0, 0.1) is 12.7 Å². The van der Waals surface area contributed by atoms with E-state index in [4.69, 9.17) is 11.6 Å². The fourth-order valence-corrected chi connectivity index (χ4v) is 2.75. The molecule has 0 unspecified atom stereocenters. The van der Waals surface area contributed by atoms with Crippen LogP contribution in [0.4, 0.5) is 10.1 Å². The first kappa shape index (κ1) is 18.6. The van der Waals surface area contributed by atoms with Crippen molar-refractivity contribution in [3.8, 4) is 5.69 Å². The lowest BCUT2D eigenvalue weighted by Crippen LogP contribution is -2.41. The summed E-state index contributed by atoms with van der Waals surface area (Å²) in [6.45, 7) is 1.34. The second-order valence-corrected chi connectivity index (χ2v) is 6.27. The summed E-state index contributed by atoms with van der Waals surface area (Å²) in [6, 6.07) is 10.6. The summed E-state index contributed by atoms with van der Waals surface area (Å²) >= 11 is 5.98. The number of para-hydroxylation sites is 1. The minimum absolute atomic E-state index is 0.268. The predicted molar refractivity (Wildman–Crippen MR) is 101 cm³/mol. The molecule has 1 amide bonds. The molecule has 0 bridgehead atoms. The lowest BCUT2D eigenvalue weighted by molar-refractivity contribution is -0.116. The Morgan fingerprint density at radius 3 is 2.59 bits per heavy atom. The number of nitrogens with zero attached hydrogens (tertiary/aromatic N) is 2. The molecule has 0 fully saturated rings. The molecule has 2 aromatic carbocycles. The Balaban J connectivity index is 1.88. The van der Waals surface area contributed by atoms with Crippen LogP contribution in [0.3, 0.4) is 0 Å². The van der Waals surface area contributed by atoms with Gasteiger partial charge < -0.3 is 5.32 Å². The van der Waals surface area contributed by atoms with Crippen molar-refractivity contribution in [2.24, 2.45) is 0 Å². The van der Waals surface area contributed by atoms with Crippen molar-refractivity contribution in [1.29, 1.82) is 0 Å². The maximum atomic E-state index is 13.5. The first-order valence-electron chi connectivity index (χ1n) is 8.00. The number of anilines is 1. The van der Waals surface area contributed by atoms with Gasteiger partial charge in [-0.15, -0.1) is 0 Å². The molecule has 0 aliphatic carbocycles. The molecule has 1 N–H and O–H groups in total. The molecule has 6 nitrogen and oxygen atoms in total. The van der Waals surface area contributed by atoms with Crippen molar-refractivity contribution in [2.75, 3.05) is 5.32 Å². The first-order chi connectivity index (χ1) is 12.9. The molecule has 138 valence electrons. The highest BCUT2D eigenvalue weighted by atomic mass is 35.5. The van der Waals surface area contributed by atoms with Crippen molar-refractivity contribution in [3.63, 3.8) is 0 Å². The Labute approximate surface area is 158 Å². The van der Waals surface area contributed by atoms with Gasteiger partial charge in [-0.3, -0.25) is 23.5 Å². The lowest BCUT2D eigenvalue weighted by Gasteiger charge is -2.12. The highest BCUT2D eigenvalue weighted by Crippen LogP contribution is 2.20. The van der Waals surface area contributed by atoms with E-state index in [1.165, 1.54) is 30.6 Å². The third-order valence-corrected chi connectivity index (χ3v) is 4.28. The summed E-state index contributed by atoms with van der Waals surface area (Å²) in [7, 11) is 0. The number of hydrogen-bond acceptors (Lipinski definition) is 3. The molecule has 1 aromatic heterocycles. The zero-order valence-electron chi connectivity index (χ0n) is 14.3. The molecular weight excluding hydrogens is 373 g/mol. The van der Waals surface area contributed by atoms with Gasteiger partial charge >= 0.3 is 11.1 Å². The van der Waals surface area contributed by atoms with Crippen LogP contribution in [-0.2, 0) is 11.3 Å². The highest BCUT2D eigenvalue weighted by molar-refractivity contribution is 6.33. The summed E-state index contributed by atoms with van der Waals surface area (Å²) in [5.41, 5.74) is -0.468. The number of halogens is 2. The summed E-state index contributed by atoms with van der Waals surface area (Å²) in [5, 5.41) is 2.94. The molecule has 0 aliphatic heterocycles. The lowest BCUT2D eigenvalue weighted by atomic mass is 10.2. The Bertz CT molecular complexity index is 1140. The first-order valence-corrected chi connectivity index (χ1v) is 8.37. The number of carbonyl (C=O) groups excluding carboxylic acids is 1. The molecule has 0 spiro atoms. The van der Waals surface area contributed by atoms with Crippen LogP contribution in [0.15, 0.2) is 64.4 Å². The SMILES string of the molecule is Cc1ccc(F)cc1-n1ccn(CC(=O)Nc2ccccc2Cl)c(=O)c1=O. The van der Waals surface area contributed by atoms with Crippen LogP contribution in [-0.4, -0.2) is 15.0 Å². The summed E-state index contributed by atoms with van der Waals surface area (Å²) in [5.74, 6) is -1.03. The van der Waals surface area contributed by atoms with Crippen LogP contribution in [0.25, 0.3) is 5.69 Å². The van der Waals surface area contributed by atoms with Crippen LogP contribution in [0.5, 0.6) is 0 Å². The van der Waals surface area contributed by atoms with E-state index in [0.29, 0.717) is 16.3 Å². The second-order valence-electron chi connectivity index (χ2n) is 5.87. The normalized spacial score (nSPS) is 10.6. The Hall–Kier alpha value is -3.19. The number of nitrogens with one attached hydrogen (secondary N) is 1. The van der Waals surface area contributed by atoms with Gasteiger partial charge in [0.2, 0.25) is 5.91 Å². The van der Waals surface area contributed by atoms with Gasteiger partial charge in [0.1, 0.15) is 12.4 Å². The number of aryl methyl sites for hydroxylation is 1. The number of hydrogen-bond donors (Lipinski definition) is 1. The molecule has 0 radical (unpaired) electrons. The summed E-state index contributed by atoms with van der Waals surface area (Å²) in [6.07, 6.45) is 2.63. The number of rotatable bonds is 4. The third kappa shape index (κ3) is 3.98. The molecule has 0 saturated heterocycles. The summed E-state index contributed by atoms with van der Waals surface area (Å²) in [4.78, 5) is 36.9. The van der Waals surface area contributed by atoms with Crippen molar-refractivity contribution >= 4 is 23.2 Å². The Morgan fingerprint density at radius 1 is 1.11 bits per heavy atom. The monoisotopic (exact) mass is 387 g/mol. The minimum atomic E-state index is -0.893. The number of aromatic nitrogens is 2.